The molecule has 0 aromatic heterocycles. The zero-order chi connectivity index (χ0) is 11.3. The smallest absolute Gasteiger partial charge is 0.140 e. The van der Waals surface area contributed by atoms with E-state index in [1.165, 1.54) is 0 Å². The maximum Gasteiger partial charge on any atom is 0.140 e. The van der Waals surface area contributed by atoms with Gasteiger partial charge in [-0.15, -0.1) is 0 Å². The van der Waals surface area contributed by atoms with Gasteiger partial charge in [-0.3, -0.25) is 5.43 Å². The summed E-state index contributed by atoms with van der Waals surface area (Å²) in [6, 6.07) is 9.68. The Morgan fingerprint density at radius 3 is 2.47 bits per heavy atom. The normalized spacial score (nSPS) is 11.3. The van der Waals surface area contributed by atoms with Crippen LogP contribution in [0.1, 0.15) is 13.8 Å². The van der Waals surface area contributed by atoms with Crippen LogP contribution in [0.3, 0.4) is 0 Å². The molecule has 1 rings (SSSR count). The predicted octanol–water partition coefficient (Wildman–Crippen LogP) is 3.40. The van der Waals surface area contributed by atoms with Crippen LogP contribution < -0.4 is 5.43 Å². The highest BCUT2D eigenvalue weighted by atomic mass is 79.9. The molecule has 0 heterocycles. The Kier molecular flexibility index (Phi) is 4.32. The molecule has 0 unspecified atom stereocenters. The molecule has 1 aromatic rings. The van der Waals surface area contributed by atoms with Gasteiger partial charge < -0.3 is 0 Å². The first-order valence-electron chi connectivity index (χ1n) is 4.62. The van der Waals surface area contributed by atoms with Crippen molar-refractivity contribution in [3.8, 4) is 6.07 Å². The quantitative estimate of drug-likeness (QED) is 0.673. The molecule has 0 fully saturated rings. The molecule has 0 atom stereocenters. The lowest BCUT2D eigenvalue weighted by molar-refractivity contribution is 0.886. The van der Waals surface area contributed by atoms with E-state index in [9.17, 15) is 0 Å². The van der Waals surface area contributed by atoms with E-state index in [2.05, 4.69) is 32.5 Å². The van der Waals surface area contributed by atoms with Crippen LogP contribution in [0.15, 0.2) is 33.8 Å². The van der Waals surface area contributed by atoms with Crippen LogP contribution >= 0.6 is 15.9 Å². The molecule has 0 saturated heterocycles. The first-order valence-corrected chi connectivity index (χ1v) is 5.42. The van der Waals surface area contributed by atoms with Crippen molar-refractivity contribution in [1.82, 2.24) is 0 Å². The fourth-order valence-electron chi connectivity index (χ4n) is 0.932. The number of benzene rings is 1. The molecule has 15 heavy (non-hydrogen) atoms. The number of anilines is 1. The number of hydrogen-bond acceptors (Lipinski definition) is 3. The van der Waals surface area contributed by atoms with E-state index >= 15 is 0 Å². The molecule has 0 saturated carbocycles. The van der Waals surface area contributed by atoms with Crippen molar-refractivity contribution < 1.29 is 0 Å². The van der Waals surface area contributed by atoms with E-state index in [4.69, 9.17) is 5.26 Å². The molecule has 1 aromatic carbocycles. The van der Waals surface area contributed by atoms with Gasteiger partial charge in [-0.25, -0.2) is 0 Å². The van der Waals surface area contributed by atoms with Crippen LogP contribution in [-0.2, 0) is 0 Å². The molecule has 0 amide bonds. The molecule has 0 aliphatic heterocycles. The van der Waals surface area contributed by atoms with Gasteiger partial charge in [0.2, 0.25) is 0 Å². The minimum absolute atomic E-state index is 0.137. The number of nitrogens with one attached hydrogen (secondary N) is 1. The van der Waals surface area contributed by atoms with Gasteiger partial charge in [0, 0.05) is 10.4 Å². The minimum atomic E-state index is 0.137. The van der Waals surface area contributed by atoms with Crippen molar-refractivity contribution >= 4 is 27.3 Å². The van der Waals surface area contributed by atoms with E-state index in [-0.39, 0.29) is 5.92 Å². The number of halogens is 1. The van der Waals surface area contributed by atoms with E-state index in [0.717, 1.165) is 10.2 Å². The molecule has 3 nitrogen and oxygen atoms in total. The van der Waals surface area contributed by atoms with Crippen LogP contribution in [0.2, 0.25) is 0 Å². The van der Waals surface area contributed by atoms with Crippen LogP contribution in [0.25, 0.3) is 0 Å². The van der Waals surface area contributed by atoms with Gasteiger partial charge in [0.1, 0.15) is 11.8 Å². The Labute approximate surface area is 97.9 Å². The summed E-state index contributed by atoms with van der Waals surface area (Å²) in [5, 5.41) is 12.8. The Bertz CT molecular complexity index is 387. The van der Waals surface area contributed by atoms with E-state index in [1.54, 1.807) is 0 Å². The SMILES string of the molecule is CC(C)C(C#N)=NNc1ccc(Br)cc1. The lowest BCUT2D eigenvalue weighted by atomic mass is 10.1. The van der Waals surface area contributed by atoms with Crippen molar-refractivity contribution in [2.45, 2.75) is 13.8 Å². The maximum atomic E-state index is 8.79. The number of hydrazone groups is 1. The average molecular weight is 266 g/mol. The molecular formula is C11H12BrN3. The largest absolute Gasteiger partial charge is 0.278 e. The molecule has 0 bridgehead atoms. The van der Waals surface area contributed by atoms with E-state index in [0.29, 0.717) is 5.71 Å². The van der Waals surface area contributed by atoms with Gasteiger partial charge >= 0.3 is 0 Å². The Balaban J connectivity index is 2.71. The highest BCUT2D eigenvalue weighted by Crippen LogP contribution is 2.14. The monoisotopic (exact) mass is 265 g/mol. The summed E-state index contributed by atoms with van der Waals surface area (Å²) in [6.45, 7) is 3.87. The highest BCUT2D eigenvalue weighted by molar-refractivity contribution is 9.10. The average Bonchev–Trinajstić information content (AvgIpc) is 2.21. The van der Waals surface area contributed by atoms with Crippen molar-refractivity contribution in [2.24, 2.45) is 11.0 Å². The van der Waals surface area contributed by atoms with Crippen LogP contribution in [0.4, 0.5) is 5.69 Å². The summed E-state index contributed by atoms with van der Waals surface area (Å²) >= 11 is 3.35. The molecule has 4 heteroatoms. The molecule has 0 aliphatic carbocycles. The second kappa shape index (κ2) is 5.52. The molecule has 0 spiro atoms. The lowest BCUT2D eigenvalue weighted by Gasteiger charge is -2.03. The van der Waals surface area contributed by atoms with Crippen molar-refractivity contribution in [3.63, 3.8) is 0 Å². The van der Waals surface area contributed by atoms with Gasteiger partial charge in [-0.05, 0) is 24.3 Å². The van der Waals surface area contributed by atoms with E-state index in [1.807, 2.05) is 38.1 Å². The van der Waals surface area contributed by atoms with Gasteiger partial charge in [0.15, 0.2) is 0 Å². The molecule has 0 radical (unpaired) electrons. The second-order valence-electron chi connectivity index (χ2n) is 3.38. The van der Waals surface area contributed by atoms with Gasteiger partial charge in [0.25, 0.3) is 0 Å². The fourth-order valence-corrected chi connectivity index (χ4v) is 1.20. The summed E-state index contributed by atoms with van der Waals surface area (Å²) in [6.07, 6.45) is 0. The zero-order valence-corrected chi connectivity index (χ0v) is 10.2. The predicted molar refractivity (Wildman–Crippen MR) is 65.7 cm³/mol. The van der Waals surface area contributed by atoms with Gasteiger partial charge in [-0.2, -0.15) is 10.4 Å². The molecule has 1 N–H and O–H groups in total. The van der Waals surface area contributed by atoms with Gasteiger partial charge in [-0.1, -0.05) is 29.8 Å². The summed E-state index contributed by atoms with van der Waals surface area (Å²) in [5.74, 6) is 0.137. The maximum absolute atomic E-state index is 8.79. The summed E-state index contributed by atoms with van der Waals surface area (Å²) in [5.41, 5.74) is 4.21. The number of nitriles is 1. The number of nitrogens with zero attached hydrogens (tertiary/aromatic N) is 2. The van der Waals surface area contributed by atoms with Crippen molar-refractivity contribution in [2.75, 3.05) is 5.43 Å². The standard InChI is InChI=1S/C11H12BrN3/c1-8(2)11(7-13)15-14-10-5-3-9(12)4-6-10/h3-6,8,14H,1-2H3. The van der Waals surface area contributed by atoms with Crippen LogP contribution in [-0.4, -0.2) is 5.71 Å². The zero-order valence-electron chi connectivity index (χ0n) is 8.66. The first-order chi connectivity index (χ1) is 7.13. The molecule has 78 valence electrons. The third-order valence-electron chi connectivity index (χ3n) is 1.81. The van der Waals surface area contributed by atoms with Crippen LogP contribution in [0, 0.1) is 17.2 Å². The third kappa shape index (κ3) is 3.72. The second-order valence-corrected chi connectivity index (χ2v) is 4.30. The highest BCUT2D eigenvalue weighted by Gasteiger charge is 2.02. The minimum Gasteiger partial charge on any atom is -0.278 e. The lowest BCUT2D eigenvalue weighted by Crippen LogP contribution is -2.07. The Morgan fingerprint density at radius 2 is 2.00 bits per heavy atom. The molecular weight excluding hydrogens is 254 g/mol. The number of rotatable bonds is 3. The summed E-state index contributed by atoms with van der Waals surface area (Å²) < 4.78 is 1.02. The third-order valence-corrected chi connectivity index (χ3v) is 2.34. The van der Waals surface area contributed by atoms with E-state index < -0.39 is 0 Å². The fraction of sp³-hybridized carbons (Fsp3) is 0.273. The summed E-state index contributed by atoms with van der Waals surface area (Å²) in [7, 11) is 0. The van der Waals surface area contributed by atoms with Crippen LogP contribution in [0.5, 0.6) is 0 Å². The van der Waals surface area contributed by atoms with Crippen molar-refractivity contribution in [3.05, 3.63) is 28.7 Å². The summed E-state index contributed by atoms with van der Waals surface area (Å²) in [4.78, 5) is 0. The van der Waals surface area contributed by atoms with Crippen molar-refractivity contribution in [1.29, 1.82) is 5.26 Å². The topological polar surface area (TPSA) is 48.2 Å². The molecule has 0 aliphatic rings. The van der Waals surface area contributed by atoms with Gasteiger partial charge in [0.05, 0.1) is 5.69 Å². The first kappa shape index (κ1) is 11.7. The Hall–Kier alpha value is -1.34. The number of hydrogen-bond donors (Lipinski definition) is 1. The Morgan fingerprint density at radius 1 is 1.40 bits per heavy atom.